The lowest BCUT2D eigenvalue weighted by molar-refractivity contribution is -0.124. The van der Waals surface area contributed by atoms with Crippen molar-refractivity contribution in [1.82, 2.24) is 10.2 Å². The number of nitrogens with two attached hydrogens (primary N) is 1. The molecule has 0 aromatic rings. The van der Waals surface area contributed by atoms with E-state index in [-0.39, 0.29) is 5.91 Å². The Kier molecular flexibility index (Phi) is 6.92. The predicted octanol–water partition coefficient (Wildman–Crippen LogP) is 0.977. The maximum Gasteiger partial charge on any atom is 0.237 e. The minimum atomic E-state index is -0.622. The molecule has 0 bridgehead atoms. The third-order valence-corrected chi connectivity index (χ3v) is 4.47. The van der Waals surface area contributed by atoms with Gasteiger partial charge in [-0.05, 0) is 45.6 Å². The van der Waals surface area contributed by atoms with Crippen LogP contribution in [0.2, 0.25) is 0 Å². The Balaban J connectivity index is 2.56. The molecule has 5 nitrogen and oxygen atoms in total. The molecular formula is C15H31N3O2. The van der Waals surface area contributed by atoms with Gasteiger partial charge in [-0.1, -0.05) is 6.92 Å². The fourth-order valence-electron chi connectivity index (χ4n) is 2.66. The largest absolute Gasteiger partial charge is 0.383 e. The zero-order valence-electron chi connectivity index (χ0n) is 13.4. The highest BCUT2D eigenvalue weighted by atomic mass is 16.5. The number of rotatable bonds is 11. The van der Waals surface area contributed by atoms with E-state index >= 15 is 0 Å². The number of nitrogens with one attached hydrogen (secondary N) is 1. The maximum atomic E-state index is 11.7. The number of methoxy groups -OCH3 is 1. The van der Waals surface area contributed by atoms with Crippen LogP contribution in [-0.2, 0) is 9.53 Å². The number of likely N-dealkylation sites (N-methyl/N-ethyl adjacent to an activating group) is 1. The molecule has 0 saturated heterocycles. The molecule has 0 aromatic heterocycles. The second-order valence-electron chi connectivity index (χ2n) is 6.08. The molecule has 0 spiro atoms. The van der Waals surface area contributed by atoms with E-state index in [4.69, 9.17) is 10.5 Å². The quantitative estimate of drug-likeness (QED) is 0.594. The molecule has 118 valence electrons. The number of primary amides is 1. The molecular weight excluding hydrogens is 254 g/mol. The van der Waals surface area contributed by atoms with E-state index in [0.717, 1.165) is 38.6 Å². The van der Waals surface area contributed by atoms with Crippen molar-refractivity contribution in [2.24, 2.45) is 11.7 Å². The molecule has 2 atom stereocenters. The van der Waals surface area contributed by atoms with Crippen LogP contribution in [0.4, 0.5) is 0 Å². The summed E-state index contributed by atoms with van der Waals surface area (Å²) in [5, 5.41) is 3.22. The molecule has 1 aliphatic carbocycles. The molecule has 0 heterocycles. The fourth-order valence-corrected chi connectivity index (χ4v) is 2.66. The third kappa shape index (κ3) is 5.04. The second kappa shape index (κ2) is 7.96. The lowest BCUT2D eigenvalue weighted by Gasteiger charge is -2.34. The normalized spacial score (nSPS) is 19.9. The van der Waals surface area contributed by atoms with Crippen molar-refractivity contribution in [1.29, 1.82) is 0 Å². The van der Waals surface area contributed by atoms with Crippen molar-refractivity contribution in [3.8, 4) is 0 Å². The summed E-state index contributed by atoms with van der Waals surface area (Å²) in [6, 6.07) is 0.559. The summed E-state index contributed by atoms with van der Waals surface area (Å²) in [6.07, 6.45) is 3.38. The first-order chi connectivity index (χ1) is 9.44. The number of hydrogen-bond donors (Lipinski definition) is 2. The predicted molar refractivity (Wildman–Crippen MR) is 81.5 cm³/mol. The number of carbonyl (C=O) groups is 1. The van der Waals surface area contributed by atoms with Gasteiger partial charge in [-0.25, -0.2) is 0 Å². The Morgan fingerprint density at radius 3 is 2.60 bits per heavy atom. The summed E-state index contributed by atoms with van der Waals surface area (Å²) in [4.78, 5) is 14.1. The second-order valence-corrected chi connectivity index (χ2v) is 6.08. The summed E-state index contributed by atoms with van der Waals surface area (Å²) < 4.78 is 5.20. The van der Waals surface area contributed by atoms with Crippen LogP contribution in [-0.4, -0.2) is 55.7 Å². The molecule has 0 radical (unpaired) electrons. The van der Waals surface area contributed by atoms with Gasteiger partial charge in [0.25, 0.3) is 0 Å². The topological polar surface area (TPSA) is 67.6 Å². The molecule has 5 heteroatoms. The molecule has 1 amide bonds. The van der Waals surface area contributed by atoms with Crippen LogP contribution in [0, 0.1) is 5.92 Å². The van der Waals surface area contributed by atoms with Crippen LogP contribution in [0.25, 0.3) is 0 Å². The van der Waals surface area contributed by atoms with Gasteiger partial charge in [-0.2, -0.15) is 0 Å². The summed E-state index contributed by atoms with van der Waals surface area (Å²) in [5.74, 6) is 0.538. The zero-order valence-corrected chi connectivity index (χ0v) is 13.4. The van der Waals surface area contributed by atoms with Crippen molar-refractivity contribution in [3.05, 3.63) is 0 Å². The van der Waals surface area contributed by atoms with E-state index in [9.17, 15) is 4.79 Å². The smallest absolute Gasteiger partial charge is 0.237 e. The van der Waals surface area contributed by atoms with Gasteiger partial charge in [0, 0.05) is 26.2 Å². The number of nitrogens with zero attached hydrogens (tertiary/aromatic N) is 1. The van der Waals surface area contributed by atoms with Gasteiger partial charge in [0.2, 0.25) is 5.91 Å². The maximum absolute atomic E-state index is 11.7. The lowest BCUT2D eigenvalue weighted by atomic mass is 9.96. The monoisotopic (exact) mass is 285 g/mol. The average Bonchev–Trinajstić information content (AvgIpc) is 3.22. The highest BCUT2D eigenvalue weighted by molar-refractivity contribution is 5.84. The number of hydrogen-bond acceptors (Lipinski definition) is 4. The Morgan fingerprint density at radius 1 is 1.50 bits per heavy atom. The molecule has 2 unspecified atom stereocenters. The SMILES string of the molecule is CCNC(C)(CCN(CCOC)C(C)C1CC1)C(N)=O. The van der Waals surface area contributed by atoms with Gasteiger partial charge in [0.1, 0.15) is 0 Å². The van der Waals surface area contributed by atoms with Gasteiger partial charge < -0.3 is 15.8 Å². The molecule has 1 aliphatic rings. The molecule has 1 fully saturated rings. The molecule has 0 aromatic carbocycles. The van der Waals surface area contributed by atoms with Gasteiger partial charge >= 0.3 is 0 Å². The lowest BCUT2D eigenvalue weighted by Crippen LogP contribution is -2.55. The van der Waals surface area contributed by atoms with Crippen LogP contribution in [0.1, 0.15) is 40.0 Å². The summed E-state index contributed by atoms with van der Waals surface area (Å²) in [7, 11) is 1.73. The highest BCUT2D eigenvalue weighted by Crippen LogP contribution is 2.35. The van der Waals surface area contributed by atoms with Gasteiger partial charge in [-0.15, -0.1) is 0 Å². The third-order valence-electron chi connectivity index (χ3n) is 4.47. The molecule has 1 saturated carbocycles. The van der Waals surface area contributed by atoms with Crippen LogP contribution in [0.5, 0.6) is 0 Å². The summed E-state index contributed by atoms with van der Waals surface area (Å²) in [6.45, 7) is 9.43. The number of ether oxygens (including phenoxy) is 1. The molecule has 3 N–H and O–H groups in total. The van der Waals surface area contributed by atoms with Gasteiger partial charge in [0.15, 0.2) is 0 Å². The van der Waals surface area contributed by atoms with Crippen molar-refractivity contribution < 1.29 is 9.53 Å². The van der Waals surface area contributed by atoms with Crippen LogP contribution in [0.15, 0.2) is 0 Å². The van der Waals surface area contributed by atoms with E-state index in [1.54, 1.807) is 7.11 Å². The first-order valence-corrected chi connectivity index (χ1v) is 7.72. The molecule has 1 rings (SSSR count). The molecule has 0 aliphatic heterocycles. The summed E-state index contributed by atoms with van der Waals surface area (Å²) in [5.41, 5.74) is 4.93. The number of carbonyl (C=O) groups excluding carboxylic acids is 1. The van der Waals surface area contributed by atoms with E-state index in [1.807, 2.05) is 13.8 Å². The van der Waals surface area contributed by atoms with Crippen LogP contribution in [0.3, 0.4) is 0 Å². The Hall–Kier alpha value is -0.650. The van der Waals surface area contributed by atoms with Gasteiger partial charge in [-0.3, -0.25) is 9.69 Å². The minimum absolute atomic E-state index is 0.273. The highest BCUT2D eigenvalue weighted by Gasteiger charge is 2.34. The van der Waals surface area contributed by atoms with E-state index in [0.29, 0.717) is 6.04 Å². The number of amides is 1. The minimum Gasteiger partial charge on any atom is -0.383 e. The van der Waals surface area contributed by atoms with E-state index < -0.39 is 5.54 Å². The Bertz CT molecular complexity index is 307. The summed E-state index contributed by atoms with van der Waals surface area (Å²) >= 11 is 0. The van der Waals surface area contributed by atoms with E-state index in [1.165, 1.54) is 12.8 Å². The Morgan fingerprint density at radius 2 is 2.15 bits per heavy atom. The van der Waals surface area contributed by atoms with E-state index in [2.05, 4.69) is 17.1 Å². The van der Waals surface area contributed by atoms with Crippen LogP contribution < -0.4 is 11.1 Å². The van der Waals surface area contributed by atoms with Crippen molar-refractivity contribution in [3.63, 3.8) is 0 Å². The van der Waals surface area contributed by atoms with Crippen LogP contribution >= 0.6 is 0 Å². The van der Waals surface area contributed by atoms with Gasteiger partial charge in [0.05, 0.1) is 12.1 Å². The standard InChI is InChI=1S/C15H31N3O2/c1-5-17-15(3,14(16)19)8-9-18(10-11-20-4)12(2)13-6-7-13/h12-13,17H,5-11H2,1-4H3,(H2,16,19). The first-order valence-electron chi connectivity index (χ1n) is 7.72. The Labute approximate surface area is 123 Å². The average molecular weight is 285 g/mol. The van der Waals surface area contributed by atoms with Crippen molar-refractivity contribution in [2.45, 2.75) is 51.6 Å². The van der Waals surface area contributed by atoms with Crippen molar-refractivity contribution >= 4 is 5.91 Å². The first kappa shape index (κ1) is 17.4. The zero-order chi connectivity index (χ0) is 15.2. The van der Waals surface area contributed by atoms with Crippen molar-refractivity contribution in [2.75, 3.05) is 33.4 Å². The molecule has 20 heavy (non-hydrogen) atoms. The fraction of sp³-hybridized carbons (Fsp3) is 0.933.